The summed E-state index contributed by atoms with van der Waals surface area (Å²) in [6, 6.07) is 9.85. The van der Waals surface area contributed by atoms with Crippen LogP contribution in [-0.2, 0) is 0 Å². The van der Waals surface area contributed by atoms with E-state index < -0.39 is 8.07 Å². The Balaban J connectivity index is 3.10. The van der Waals surface area contributed by atoms with Crippen molar-refractivity contribution in [1.29, 1.82) is 0 Å². The van der Waals surface area contributed by atoms with Crippen molar-refractivity contribution < 1.29 is 4.79 Å². The Bertz CT molecular complexity index is 428. The first-order chi connectivity index (χ1) is 9.21. The third kappa shape index (κ3) is 3.82. The van der Waals surface area contributed by atoms with E-state index >= 15 is 0 Å². The molecule has 0 aliphatic heterocycles. The van der Waals surface area contributed by atoms with Gasteiger partial charge >= 0.3 is 0 Å². The van der Waals surface area contributed by atoms with Crippen LogP contribution in [0.3, 0.4) is 0 Å². The summed E-state index contributed by atoms with van der Waals surface area (Å²) in [6.45, 7) is 13.9. The highest BCUT2D eigenvalue weighted by atomic mass is 28.3. The number of rotatable bonds is 6. The molecule has 1 rings (SSSR count). The minimum Gasteiger partial charge on any atom is -0.294 e. The maximum absolute atomic E-state index is 13.0. The molecule has 0 saturated heterocycles. The van der Waals surface area contributed by atoms with Crippen LogP contribution in [-0.4, -0.2) is 13.9 Å². The fourth-order valence-corrected chi connectivity index (χ4v) is 5.35. The van der Waals surface area contributed by atoms with Crippen molar-refractivity contribution in [2.45, 2.75) is 70.6 Å². The molecule has 0 N–H and O–H groups in total. The van der Waals surface area contributed by atoms with E-state index in [4.69, 9.17) is 0 Å². The molecule has 0 aliphatic carbocycles. The summed E-state index contributed by atoms with van der Waals surface area (Å²) >= 11 is 0. The van der Waals surface area contributed by atoms with Crippen LogP contribution in [0.15, 0.2) is 30.3 Å². The molecule has 20 heavy (non-hydrogen) atoms. The number of Topliss-reactive ketones (excluding diaryl/α,β-unsaturated/α-hetero) is 1. The largest absolute Gasteiger partial charge is 0.294 e. The van der Waals surface area contributed by atoms with Crippen LogP contribution in [0.5, 0.6) is 0 Å². The number of hydrogen-bond acceptors (Lipinski definition) is 1. The van der Waals surface area contributed by atoms with Gasteiger partial charge in [-0.1, -0.05) is 84.0 Å². The first-order valence-corrected chi connectivity index (χ1v) is 10.9. The van der Waals surface area contributed by atoms with E-state index in [0.717, 1.165) is 24.8 Å². The molecule has 0 aromatic heterocycles. The van der Waals surface area contributed by atoms with Gasteiger partial charge < -0.3 is 0 Å². The smallest absolute Gasteiger partial charge is 0.163 e. The van der Waals surface area contributed by atoms with Gasteiger partial charge in [-0.15, -0.1) is 0 Å². The van der Waals surface area contributed by atoms with Gasteiger partial charge in [0, 0.05) is 11.1 Å². The van der Waals surface area contributed by atoms with Gasteiger partial charge in [0.1, 0.15) is 0 Å². The van der Waals surface area contributed by atoms with Crippen LogP contribution in [0, 0.1) is 0 Å². The molecule has 0 radical (unpaired) electrons. The summed E-state index contributed by atoms with van der Waals surface area (Å²) in [5.74, 6) is 0.366. The van der Waals surface area contributed by atoms with Crippen LogP contribution in [0.2, 0.25) is 23.7 Å². The molecule has 0 aliphatic rings. The molecule has 0 heterocycles. The Morgan fingerprint density at radius 2 is 1.70 bits per heavy atom. The zero-order valence-corrected chi connectivity index (χ0v) is 15.0. The van der Waals surface area contributed by atoms with Gasteiger partial charge in [0.2, 0.25) is 0 Å². The van der Waals surface area contributed by atoms with Gasteiger partial charge in [0.05, 0.1) is 8.07 Å². The lowest BCUT2D eigenvalue weighted by Crippen LogP contribution is -2.45. The van der Waals surface area contributed by atoms with E-state index in [0.29, 0.717) is 5.78 Å². The molecule has 1 unspecified atom stereocenters. The second kappa shape index (κ2) is 6.71. The van der Waals surface area contributed by atoms with Crippen molar-refractivity contribution in [2.75, 3.05) is 0 Å². The Morgan fingerprint density at radius 3 is 2.15 bits per heavy atom. The minimum atomic E-state index is -1.67. The second-order valence-electron chi connectivity index (χ2n) is 7.40. The molecule has 1 atom stereocenters. The van der Waals surface area contributed by atoms with Gasteiger partial charge in [0.15, 0.2) is 5.78 Å². The SMILES string of the molecule is CCCCC(C(=O)c1ccccc1)[Si](C)(C)C(C)(C)C. The van der Waals surface area contributed by atoms with E-state index in [1.807, 2.05) is 30.3 Å². The highest BCUT2D eigenvalue weighted by Crippen LogP contribution is 2.46. The number of carbonyl (C=O) groups excluding carboxylic acids is 1. The second-order valence-corrected chi connectivity index (χ2v) is 13.0. The van der Waals surface area contributed by atoms with Crippen LogP contribution in [0.25, 0.3) is 0 Å². The maximum atomic E-state index is 13.0. The lowest BCUT2D eigenvalue weighted by atomic mass is 10.0. The van der Waals surface area contributed by atoms with Crippen molar-refractivity contribution >= 4 is 13.9 Å². The Morgan fingerprint density at radius 1 is 1.15 bits per heavy atom. The lowest BCUT2D eigenvalue weighted by Gasteiger charge is -2.42. The molecule has 1 aromatic carbocycles. The first-order valence-electron chi connectivity index (χ1n) is 7.81. The standard InChI is InChI=1S/C18H30OSi/c1-7-8-14-16(20(5,6)18(2,3)4)17(19)15-12-10-9-11-13-15/h9-13,16H,7-8,14H2,1-6H3. The molecule has 0 saturated carbocycles. The van der Waals surface area contributed by atoms with Crippen molar-refractivity contribution in [1.82, 2.24) is 0 Å². The maximum Gasteiger partial charge on any atom is 0.163 e. The number of hydrogen-bond donors (Lipinski definition) is 0. The summed E-state index contributed by atoms with van der Waals surface area (Å²) < 4.78 is 0. The van der Waals surface area contributed by atoms with Crippen LogP contribution in [0.4, 0.5) is 0 Å². The third-order valence-electron chi connectivity index (χ3n) is 5.03. The highest BCUT2D eigenvalue weighted by molar-refractivity contribution is 6.84. The summed E-state index contributed by atoms with van der Waals surface area (Å²) in [5, 5.41) is 0.246. The van der Waals surface area contributed by atoms with Crippen molar-refractivity contribution in [3.05, 3.63) is 35.9 Å². The Labute approximate surface area is 125 Å². The van der Waals surface area contributed by atoms with Crippen LogP contribution < -0.4 is 0 Å². The first kappa shape index (κ1) is 17.2. The average molecular weight is 291 g/mol. The van der Waals surface area contributed by atoms with Gasteiger partial charge in [0.25, 0.3) is 0 Å². The molecule has 1 aromatic rings. The van der Waals surface area contributed by atoms with Crippen LogP contribution >= 0.6 is 0 Å². The molecule has 2 heteroatoms. The number of benzene rings is 1. The van der Waals surface area contributed by atoms with Gasteiger partial charge in [-0.2, -0.15) is 0 Å². The molecule has 112 valence electrons. The zero-order valence-electron chi connectivity index (χ0n) is 14.0. The fraction of sp³-hybridized carbons (Fsp3) is 0.611. The summed E-state index contributed by atoms with van der Waals surface area (Å²) in [7, 11) is -1.67. The number of ketones is 1. The fourth-order valence-electron chi connectivity index (χ4n) is 2.55. The minimum absolute atomic E-state index is 0.227. The Kier molecular flexibility index (Phi) is 5.75. The molecule has 0 spiro atoms. The van der Waals surface area contributed by atoms with Gasteiger partial charge in [-0.25, -0.2) is 0 Å². The third-order valence-corrected chi connectivity index (χ3v) is 11.2. The number of carbonyl (C=O) groups is 1. The van der Waals surface area contributed by atoms with Crippen molar-refractivity contribution in [2.24, 2.45) is 0 Å². The zero-order chi connectivity index (χ0) is 15.4. The molecule has 0 bridgehead atoms. The molecular weight excluding hydrogens is 260 g/mol. The monoisotopic (exact) mass is 290 g/mol. The molecule has 0 fully saturated rings. The van der Waals surface area contributed by atoms with E-state index in [2.05, 4.69) is 40.8 Å². The van der Waals surface area contributed by atoms with E-state index in [1.54, 1.807) is 0 Å². The average Bonchev–Trinajstić information content (AvgIpc) is 2.38. The van der Waals surface area contributed by atoms with E-state index in [9.17, 15) is 4.79 Å². The number of unbranched alkanes of at least 4 members (excludes halogenated alkanes) is 1. The molecule has 0 amide bonds. The molecular formula is C18H30OSi. The lowest BCUT2D eigenvalue weighted by molar-refractivity contribution is 0.0975. The summed E-state index contributed by atoms with van der Waals surface area (Å²) in [5.41, 5.74) is 1.11. The van der Waals surface area contributed by atoms with Crippen LogP contribution in [0.1, 0.15) is 57.3 Å². The van der Waals surface area contributed by atoms with E-state index in [-0.39, 0.29) is 10.6 Å². The quantitative estimate of drug-likeness (QED) is 0.468. The van der Waals surface area contributed by atoms with E-state index in [1.165, 1.54) is 0 Å². The predicted molar refractivity (Wildman–Crippen MR) is 91.2 cm³/mol. The highest BCUT2D eigenvalue weighted by Gasteiger charge is 2.44. The Hall–Kier alpha value is -0.893. The predicted octanol–water partition coefficient (Wildman–Crippen LogP) is 5.94. The van der Waals surface area contributed by atoms with Crippen molar-refractivity contribution in [3.63, 3.8) is 0 Å². The van der Waals surface area contributed by atoms with Gasteiger partial charge in [-0.3, -0.25) is 4.79 Å². The van der Waals surface area contributed by atoms with Crippen molar-refractivity contribution in [3.8, 4) is 0 Å². The summed E-state index contributed by atoms with van der Waals surface area (Å²) in [6.07, 6.45) is 3.35. The topological polar surface area (TPSA) is 17.1 Å². The normalized spacial score (nSPS) is 14.1. The summed E-state index contributed by atoms with van der Waals surface area (Å²) in [4.78, 5) is 13.0. The van der Waals surface area contributed by atoms with Gasteiger partial charge in [-0.05, 0) is 11.5 Å². The molecule has 1 nitrogen and oxygen atoms in total.